The van der Waals surface area contributed by atoms with Gasteiger partial charge in [0, 0.05) is 17.0 Å². The number of likely N-dealkylation sites (N-methyl/N-ethyl adjacent to an activating group) is 1. The number of benzene rings is 3. The van der Waals surface area contributed by atoms with Gasteiger partial charge in [0.05, 0.1) is 0 Å². The van der Waals surface area contributed by atoms with Crippen molar-refractivity contribution in [1.29, 1.82) is 0 Å². The zero-order valence-electron chi connectivity index (χ0n) is 14.2. The van der Waals surface area contributed by atoms with E-state index in [0.29, 0.717) is 12.0 Å². The molecule has 3 aromatic rings. The molecule has 0 amide bonds. The molecule has 0 aromatic heterocycles. The maximum atomic E-state index is 6.30. The Bertz CT molecular complexity index is 884. The van der Waals surface area contributed by atoms with Crippen LogP contribution in [-0.2, 0) is 6.42 Å². The van der Waals surface area contributed by atoms with Crippen LogP contribution in [0.15, 0.2) is 60.7 Å². The maximum absolute atomic E-state index is 6.30. The highest BCUT2D eigenvalue weighted by Crippen LogP contribution is 2.40. The van der Waals surface area contributed by atoms with Gasteiger partial charge in [0.15, 0.2) is 0 Å². The van der Waals surface area contributed by atoms with Gasteiger partial charge in [-0.2, -0.15) is 0 Å². The molecule has 2 atom stereocenters. The van der Waals surface area contributed by atoms with Crippen LogP contribution in [0.4, 0.5) is 0 Å². The third-order valence-electron chi connectivity index (χ3n) is 5.38. The van der Waals surface area contributed by atoms with E-state index >= 15 is 0 Å². The molecule has 0 aliphatic heterocycles. The minimum atomic E-state index is 0.421. The Labute approximate surface area is 148 Å². The Morgan fingerprint density at radius 2 is 1.71 bits per heavy atom. The van der Waals surface area contributed by atoms with Gasteiger partial charge in [0.25, 0.3) is 0 Å². The molecule has 2 unspecified atom stereocenters. The normalized spacial score (nSPS) is 20.3. The Morgan fingerprint density at radius 3 is 2.54 bits per heavy atom. The minimum Gasteiger partial charge on any atom is -0.306 e. The molecule has 3 aromatic carbocycles. The van der Waals surface area contributed by atoms with E-state index in [1.807, 2.05) is 6.07 Å². The first kappa shape index (κ1) is 15.7. The molecule has 0 radical (unpaired) electrons. The van der Waals surface area contributed by atoms with Crippen molar-refractivity contribution in [3.05, 3.63) is 82.4 Å². The second-order valence-electron chi connectivity index (χ2n) is 7.02. The van der Waals surface area contributed by atoms with Gasteiger partial charge in [-0.05, 0) is 66.5 Å². The first-order valence-electron chi connectivity index (χ1n) is 8.56. The summed E-state index contributed by atoms with van der Waals surface area (Å²) in [5.41, 5.74) is 4.35. The maximum Gasteiger partial charge on any atom is 0.0412 e. The number of hydrogen-bond donors (Lipinski definition) is 0. The quantitative estimate of drug-likeness (QED) is 0.597. The van der Waals surface area contributed by atoms with E-state index in [4.69, 9.17) is 11.6 Å². The summed E-state index contributed by atoms with van der Waals surface area (Å²) in [5.74, 6) is 0.421. The van der Waals surface area contributed by atoms with Crippen molar-refractivity contribution in [3.63, 3.8) is 0 Å². The van der Waals surface area contributed by atoms with E-state index in [0.717, 1.165) is 17.9 Å². The summed E-state index contributed by atoms with van der Waals surface area (Å²) < 4.78 is 0. The van der Waals surface area contributed by atoms with Crippen LogP contribution >= 0.6 is 11.6 Å². The second kappa shape index (κ2) is 6.23. The lowest BCUT2D eigenvalue weighted by Gasteiger charge is -2.36. The van der Waals surface area contributed by atoms with E-state index in [-0.39, 0.29) is 0 Å². The van der Waals surface area contributed by atoms with Crippen molar-refractivity contribution in [1.82, 2.24) is 4.90 Å². The van der Waals surface area contributed by atoms with Gasteiger partial charge < -0.3 is 4.90 Å². The van der Waals surface area contributed by atoms with Gasteiger partial charge >= 0.3 is 0 Å². The number of hydrogen-bond acceptors (Lipinski definition) is 1. The fourth-order valence-electron chi connectivity index (χ4n) is 4.06. The molecule has 2 heteroatoms. The van der Waals surface area contributed by atoms with Gasteiger partial charge in [0.2, 0.25) is 0 Å². The van der Waals surface area contributed by atoms with E-state index in [2.05, 4.69) is 73.6 Å². The Balaban J connectivity index is 1.91. The monoisotopic (exact) mass is 335 g/mol. The van der Waals surface area contributed by atoms with Crippen LogP contribution in [0.3, 0.4) is 0 Å². The Hall–Kier alpha value is -1.83. The first-order chi connectivity index (χ1) is 11.6. The molecule has 4 rings (SSSR count). The molecule has 0 bridgehead atoms. The van der Waals surface area contributed by atoms with Crippen molar-refractivity contribution in [2.75, 3.05) is 14.1 Å². The number of fused-ring (bicyclic) bond motifs is 2. The summed E-state index contributed by atoms with van der Waals surface area (Å²) >= 11 is 6.30. The van der Waals surface area contributed by atoms with Crippen molar-refractivity contribution >= 4 is 22.4 Å². The predicted molar refractivity (Wildman–Crippen MR) is 103 cm³/mol. The third kappa shape index (κ3) is 2.72. The van der Waals surface area contributed by atoms with Crippen molar-refractivity contribution in [2.24, 2.45) is 0 Å². The smallest absolute Gasteiger partial charge is 0.0412 e. The summed E-state index contributed by atoms with van der Waals surface area (Å²) in [5, 5.41) is 3.36. The molecule has 1 aliphatic carbocycles. The SMILES string of the molecule is CN(C)C1Cc2ccccc2C(c2cccc3ccc(Cl)cc23)C1. The van der Waals surface area contributed by atoms with E-state index in [1.54, 1.807) is 0 Å². The predicted octanol–water partition coefficient (Wildman–Crippen LogP) is 5.50. The summed E-state index contributed by atoms with van der Waals surface area (Å²) in [6.45, 7) is 0. The second-order valence-corrected chi connectivity index (χ2v) is 7.46. The summed E-state index contributed by atoms with van der Waals surface area (Å²) in [6, 6.07) is 22.3. The molecule has 24 heavy (non-hydrogen) atoms. The minimum absolute atomic E-state index is 0.421. The van der Waals surface area contributed by atoms with Crippen molar-refractivity contribution < 1.29 is 0 Å². The Morgan fingerprint density at radius 1 is 0.917 bits per heavy atom. The third-order valence-corrected chi connectivity index (χ3v) is 5.61. The Kier molecular flexibility index (Phi) is 4.07. The molecular weight excluding hydrogens is 314 g/mol. The van der Waals surface area contributed by atoms with E-state index in [9.17, 15) is 0 Å². The van der Waals surface area contributed by atoms with E-state index in [1.165, 1.54) is 27.5 Å². The van der Waals surface area contributed by atoms with Gasteiger partial charge in [-0.1, -0.05) is 60.1 Å². The topological polar surface area (TPSA) is 3.24 Å². The summed E-state index contributed by atoms with van der Waals surface area (Å²) in [4.78, 5) is 2.36. The highest BCUT2D eigenvalue weighted by Gasteiger charge is 2.29. The molecular formula is C22H22ClN. The molecule has 0 spiro atoms. The number of rotatable bonds is 2. The molecule has 1 nitrogen and oxygen atoms in total. The van der Waals surface area contributed by atoms with Gasteiger partial charge in [-0.15, -0.1) is 0 Å². The first-order valence-corrected chi connectivity index (χ1v) is 8.93. The lowest BCUT2D eigenvalue weighted by Crippen LogP contribution is -2.35. The molecule has 122 valence electrons. The largest absolute Gasteiger partial charge is 0.306 e. The van der Waals surface area contributed by atoms with Gasteiger partial charge in [0.1, 0.15) is 0 Å². The molecule has 0 fully saturated rings. The highest BCUT2D eigenvalue weighted by atomic mass is 35.5. The van der Waals surface area contributed by atoms with Crippen LogP contribution in [0.2, 0.25) is 5.02 Å². The van der Waals surface area contributed by atoms with Crippen LogP contribution in [0.5, 0.6) is 0 Å². The summed E-state index contributed by atoms with van der Waals surface area (Å²) in [7, 11) is 4.38. The average Bonchev–Trinajstić information content (AvgIpc) is 2.60. The number of halogens is 1. The van der Waals surface area contributed by atoms with Crippen LogP contribution in [0.25, 0.3) is 10.8 Å². The van der Waals surface area contributed by atoms with Crippen LogP contribution in [0.1, 0.15) is 29.0 Å². The zero-order valence-corrected chi connectivity index (χ0v) is 14.9. The van der Waals surface area contributed by atoms with Crippen LogP contribution in [0, 0.1) is 0 Å². The lowest BCUT2D eigenvalue weighted by molar-refractivity contribution is 0.259. The van der Waals surface area contributed by atoms with Crippen LogP contribution in [-0.4, -0.2) is 25.0 Å². The fraction of sp³-hybridized carbons (Fsp3) is 0.273. The standard InChI is InChI=1S/C22H22ClN/c1-24(2)18-12-16-6-3-4-8-19(16)22(14-18)20-9-5-7-15-10-11-17(23)13-21(15)20/h3-11,13,18,22H,12,14H2,1-2H3. The fourth-order valence-corrected chi connectivity index (χ4v) is 4.23. The highest BCUT2D eigenvalue weighted by molar-refractivity contribution is 6.31. The molecule has 0 heterocycles. The average molecular weight is 336 g/mol. The van der Waals surface area contributed by atoms with E-state index < -0.39 is 0 Å². The van der Waals surface area contributed by atoms with Crippen molar-refractivity contribution in [3.8, 4) is 0 Å². The molecule has 1 aliphatic rings. The van der Waals surface area contributed by atoms with Crippen molar-refractivity contribution in [2.45, 2.75) is 24.8 Å². The summed E-state index contributed by atoms with van der Waals surface area (Å²) in [6.07, 6.45) is 2.28. The molecule has 0 saturated carbocycles. The zero-order chi connectivity index (χ0) is 16.7. The molecule has 0 N–H and O–H groups in total. The van der Waals surface area contributed by atoms with Crippen LogP contribution < -0.4 is 0 Å². The van der Waals surface area contributed by atoms with Gasteiger partial charge in [-0.25, -0.2) is 0 Å². The van der Waals surface area contributed by atoms with Gasteiger partial charge in [-0.3, -0.25) is 0 Å². The number of nitrogens with zero attached hydrogens (tertiary/aromatic N) is 1. The molecule has 0 saturated heterocycles. The lowest BCUT2D eigenvalue weighted by atomic mass is 9.75.